The Morgan fingerprint density at radius 3 is 2.33 bits per heavy atom. The molecule has 6 rings (SSSR count). The van der Waals surface area contributed by atoms with E-state index < -0.39 is 6.04 Å². The van der Waals surface area contributed by atoms with Gasteiger partial charge >= 0.3 is 0 Å². The lowest BCUT2D eigenvalue weighted by Crippen LogP contribution is -2.46. The van der Waals surface area contributed by atoms with Gasteiger partial charge in [0.15, 0.2) is 0 Å². The van der Waals surface area contributed by atoms with E-state index in [4.69, 9.17) is 10.5 Å². The Bertz CT molecular complexity index is 1500. The minimum absolute atomic E-state index is 0.0258. The molecule has 4 aromatic rings. The molecule has 42 heavy (non-hydrogen) atoms. The quantitative estimate of drug-likeness (QED) is 0.301. The Labute approximate surface area is 245 Å². The third-order valence-electron chi connectivity index (χ3n) is 8.38. The largest absolute Gasteiger partial charge is 0.496 e. The minimum Gasteiger partial charge on any atom is -0.496 e. The summed E-state index contributed by atoms with van der Waals surface area (Å²) in [6.45, 7) is 1.06. The number of carbonyl (C=O) groups is 2. The number of likely N-dealkylation sites (tertiary alicyclic amines) is 1. The molecule has 1 aliphatic heterocycles. The summed E-state index contributed by atoms with van der Waals surface area (Å²) in [6.07, 6.45) is 4.68. The summed E-state index contributed by atoms with van der Waals surface area (Å²) >= 11 is 0. The lowest BCUT2D eigenvalue weighted by molar-refractivity contribution is -0.124. The number of nitrogens with two attached hydrogens (primary N) is 1. The highest BCUT2D eigenvalue weighted by Crippen LogP contribution is 2.39. The Hall–Kier alpha value is -4.50. The molecule has 1 saturated carbocycles. The van der Waals surface area contributed by atoms with Crippen molar-refractivity contribution in [3.63, 3.8) is 0 Å². The molecule has 0 bridgehead atoms. The molecule has 2 unspecified atom stereocenters. The van der Waals surface area contributed by atoms with Crippen LogP contribution >= 0.6 is 0 Å². The van der Waals surface area contributed by atoms with Gasteiger partial charge in [0, 0.05) is 55.2 Å². The van der Waals surface area contributed by atoms with Crippen LogP contribution in [0.1, 0.15) is 69.9 Å². The van der Waals surface area contributed by atoms with Crippen molar-refractivity contribution in [2.24, 2.45) is 5.73 Å². The molecule has 2 aliphatic rings. The van der Waals surface area contributed by atoms with Crippen LogP contribution in [-0.2, 0) is 11.3 Å². The molecule has 216 valence electrons. The van der Waals surface area contributed by atoms with Crippen molar-refractivity contribution >= 4 is 11.8 Å². The lowest BCUT2D eigenvalue weighted by Gasteiger charge is -2.26. The van der Waals surface area contributed by atoms with Gasteiger partial charge in [-0.2, -0.15) is 0 Å². The third kappa shape index (κ3) is 5.78. The molecule has 1 aromatic heterocycles. The van der Waals surface area contributed by atoms with E-state index in [2.05, 4.69) is 39.9 Å². The van der Waals surface area contributed by atoms with Gasteiger partial charge < -0.3 is 20.7 Å². The Kier molecular flexibility index (Phi) is 8.01. The van der Waals surface area contributed by atoms with Crippen molar-refractivity contribution < 1.29 is 14.3 Å². The van der Waals surface area contributed by atoms with Crippen LogP contribution in [0, 0.1) is 0 Å². The number of rotatable bonds is 10. The van der Waals surface area contributed by atoms with Gasteiger partial charge in [0.2, 0.25) is 5.91 Å². The fraction of sp³-hybridized carbons (Fsp3) is 0.333. The molecule has 2 amide bonds. The second-order valence-electron chi connectivity index (χ2n) is 11.1. The number of methoxy groups -OCH3 is 1. The van der Waals surface area contributed by atoms with Crippen molar-refractivity contribution in [1.82, 2.24) is 25.2 Å². The summed E-state index contributed by atoms with van der Waals surface area (Å²) in [5.41, 5.74) is 10.3. The van der Waals surface area contributed by atoms with Gasteiger partial charge in [0.1, 0.15) is 11.8 Å². The average Bonchev–Trinajstić information content (AvgIpc) is 3.60. The predicted molar refractivity (Wildman–Crippen MR) is 159 cm³/mol. The van der Waals surface area contributed by atoms with Gasteiger partial charge in [0.05, 0.1) is 18.8 Å². The Morgan fingerprint density at radius 1 is 1.02 bits per heavy atom. The first-order valence-electron chi connectivity index (χ1n) is 14.5. The van der Waals surface area contributed by atoms with Crippen LogP contribution in [-0.4, -0.2) is 57.9 Å². The summed E-state index contributed by atoms with van der Waals surface area (Å²) in [4.78, 5) is 29.5. The van der Waals surface area contributed by atoms with E-state index >= 15 is 0 Å². The molecule has 1 aliphatic carbocycles. The second-order valence-corrected chi connectivity index (χ2v) is 11.1. The van der Waals surface area contributed by atoms with Crippen LogP contribution < -0.4 is 15.8 Å². The van der Waals surface area contributed by atoms with E-state index in [1.807, 2.05) is 47.3 Å². The maximum absolute atomic E-state index is 13.9. The number of benzene rings is 3. The van der Waals surface area contributed by atoms with Crippen molar-refractivity contribution in [2.45, 2.75) is 49.7 Å². The number of amides is 2. The SMILES string of the molecule is COc1cc(C(=O)N2CC(n3cc(C4CC4)nn3)CC2C(=O)NCC(c2ccccc2)c2ccccc2)ccc1CN. The Morgan fingerprint density at radius 2 is 1.71 bits per heavy atom. The maximum atomic E-state index is 13.9. The first-order valence-corrected chi connectivity index (χ1v) is 14.5. The van der Waals surface area contributed by atoms with Crippen molar-refractivity contribution in [2.75, 3.05) is 20.2 Å². The Balaban J connectivity index is 1.25. The summed E-state index contributed by atoms with van der Waals surface area (Å²) in [6, 6.07) is 24.7. The number of nitrogens with zero attached hydrogens (tertiary/aromatic N) is 4. The molecule has 2 heterocycles. The highest BCUT2D eigenvalue weighted by Gasteiger charge is 2.42. The van der Waals surface area contributed by atoms with Gasteiger partial charge in [-0.05, 0) is 36.1 Å². The monoisotopic (exact) mass is 564 g/mol. The second kappa shape index (κ2) is 12.2. The molecule has 3 aromatic carbocycles. The molecule has 9 nitrogen and oxygen atoms in total. The van der Waals surface area contributed by atoms with E-state index in [0.29, 0.717) is 43.3 Å². The third-order valence-corrected chi connectivity index (χ3v) is 8.38. The number of carbonyl (C=O) groups excluding carboxylic acids is 2. The minimum atomic E-state index is -0.663. The van der Waals surface area contributed by atoms with Crippen LogP contribution in [0.2, 0.25) is 0 Å². The molecule has 0 radical (unpaired) electrons. The van der Waals surface area contributed by atoms with Gasteiger partial charge in [0.25, 0.3) is 5.91 Å². The van der Waals surface area contributed by atoms with Gasteiger partial charge in [-0.1, -0.05) is 71.9 Å². The van der Waals surface area contributed by atoms with Crippen LogP contribution in [0.25, 0.3) is 0 Å². The highest BCUT2D eigenvalue weighted by molar-refractivity contribution is 5.98. The van der Waals surface area contributed by atoms with E-state index in [0.717, 1.165) is 35.2 Å². The van der Waals surface area contributed by atoms with Crippen molar-refractivity contribution in [1.29, 1.82) is 0 Å². The van der Waals surface area contributed by atoms with Gasteiger partial charge in [-0.3, -0.25) is 9.59 Å². The van der Waals surface area contributed by atoms with Crippen LogP contribution in [0.15, 0.2) is 85.1 Å². The van der Waals surface area contributed by atoms with Crippen molar-refractivity contribution in [3.05, 3.63) is 113 Å². The first-order chi connectivity index (χ1) is 20.6. The zero-order valence-electron chi connectivity index (χ0n) is 23.7. The molecule has 0 spiro atoms. The van der Waals surface area contributed by atoms with Gasteiger partial charge in [-0.25, -0.2) is 4.68 Å². The zero-order chi connectivity index (χ0) is 29.1. The number of aromatic nitrogens is 3. The zero-order valence-corrected chi connectivity index (χ0v) is 23.7. The smallest absolute Gasteiger partial charge is 0.254 e. The highest BCUT2D eigenvalue weighted by atomic mass is 16.5. The maximum Gasteiger partial charge on any atom is 0.254 e. The standard InChI is InChI=1S/C33H36N6O3/c1-42-31-16-25(14-15-26(31)18-34)33(41)38-20-27(39-21-29(36-37-39)24-12-13-24)17-30(38)32(40)35-19-28(22-8-4-2-5-9-22)23-10-6-3-7-11-23/h2-11,14-16,21,24,27-28,30H,12-13,17-20,34H2,1H3,(H,35,40). The predicted octanol–water partition coefficient (Wildman–Crippen LogP) is 4.03. The topological polar surface area (TPSA) is 115 Å². The molecule has 1 saturated heterocycles. The molecule has 3 N–H and O–H groups in total. The molecule has 2 fully saturated rings. The van der Waals surface area contributed by atoms with E-state index in [1.165, 1.54) is 0 Å². The van der Waals surface area contributed by atoms with Crippen molar-refractivity contribution in [3.8, 4) is 5.75 Å². The number of nitrogens with one attached hydrogen (secondary N) is 1. The van der Waals surface area contributed by atoms with E-state index in [1.54, 1.807) is 30.2 Å². The number of ether oxygens (including phenoxy) is 1. The number of hydrogen-bond acceptors (Lipinski definition) is 6. The molecular formula is C33H36N6O3. The molecule has 9 heteroatoms. The van der Waals surface area contributed by atoms with E-state index in [-0.39, 0.29) is 23.8 Å². The van der Waals surface area contributed by atoms with Crippen LogP contribution in [0.3, 0.4) is 0 Å². The van der Waals surface area contributed by atoms with Crippen LogP contribution in [0.4, 0.5) is 0 Å². The normalized spacial score (nSPS) is 18.3. The summed E-state index contributed by atoms with van der Waals surface area (Å²) in [5, 5.41) is 11.9. The fourth-order valence-electron chi connectivity index (χ4n) is 5.84. The fourth-order valence-corrected chi connectivity index (χ4v) is 5.84. The lowest BCUT2D eigenvalue weighted by atomic mass is 9.91. The summed E-state index contributed by atoms with van der Waals surface area (Å²) in [7, 11) is 1.56. The average molecular weight is 565 g/mol. The molecular weight excluding hydrogens is 528 g/mol. The van der Waals surface area contributed by atoms with Gasteiger partial charge in [-0.15, -0.1) is 5.10 Å². The number of hydrogen-bond donors (Lipinski definition) is 2. The summed E-state index contributed by atoms with van der Waals surface area (Å²) in [5.74, 6) is 0.583. The van der Waals surface area contributed by atoms with E-state index in [9.17, 15) is 9.59 Å². The first kappa shape index (κ1) is 27.7. The van der Waals surface area contributed by atoms with Crippen LogP contribution in [0.5, 0.6) is 5.75 Å². The summed E-state index contributed by atoms with van der Waals surface area (Å²) < 4.78 is 7.31. The molecule has 2 atom stereocenters.